The Balaban J connectivity index is 1.50. The highest BCUT2D eigenvalue weighted by Gasteiger charge is 2.22. The van der Waals surface area contributed by atoms with E-state index >= 15 is 0 Å². The number of fused-ring (bicyclic) bond motifs is 12. The van der Waals surface area contributed by atoms with E-state index in [0.29, 0.717) is 45.7 Å². The van der Waals surface area contributed by atoms with Crippen LogP contribution in [-0.2, 0) is 25.7 Å². The number of hydrogen-bond donors (Lipinski definition) is 4. The highest BCUT2D eigenvalue weighted by atomic mass is 16.5. The van der Waals surface area contributed by atoms with E-state index in [9.17, 15) is 0 Å². The van der Waals surface area contributed by atoms with Crippen molar-refractivity contribution in [2.45, 2.75) is 81.1 Å². The molecule has 1 aliphatic heterocycles. The van der Waals surface area contributed by atoms with Gasteiger partial charge in [-0.25, -0.2) is 0 Å². The van der Waals surface area contributed by atoms with E-state index in [2.05, 4.69) is 75.3 Å². The lowest BCUT2D eigenvalue weighted by Gasteiger charge is -2.10. The van der Waals surface area contributed by atoms with Crippen LogP contribution >= 0.6 is 0 Å². The van der Waals surface area contributed by atoms with Gasteiger partial charge in [0.15, 0.2) is 23.0 Å². The van der Waals surface area contributed by atoms with Gasteiger partial charge in [0.1, 0.15) is 0 Å². The number of ether oxygens (including phenoxy) is 4. The summed E-state index contributed by atoms with van der Waals surface area (Å²) < 4.78 is 22.9. The van der Waals surface area contributed by atoms with Crippen LogP contribution in [0.2, 0.25) is 0 Å². The van der Waals surface area contributed by atoms with Crippen LogP contribution in [0.5, 0.6) is 23.0 Å². The number of nitrogens with zero attached hydrogens (tertiary/aromatic N) is 4. The number of H-pyrrole nitrogens is 4. The summed E-state index contributed by atoms with van der Waals surface area (Å²) in [5, 5.41) is 0. The Morgan fingerprint density at radius 1 is 0.367 bits per heavy atom. The van der Waals surface area contributed by atoms with Crippen LogP contribution in [0.1, 0.15) is 95.0 Å². The van der Waals surface area contributed by atoms with Gasteiger partial charge >= 0.3 is 0 Å². The van der Waals surface area contributed by atoms with Gasteiger partial charge in [0, 0.05) is 24.3 Å². The maximum absolute atomic E-state index is 5.73. The van der Waals surface area contributed by atoms with E-state index in [0.717, 1.165) is 93.5 Å². The lowest BCUT2D eigenvalue weighted by Crippen LogP contribution is -1.92. The number of rotatable bonds is 8. The predicted molar refractivity (Wildman–Crippen MR) is 246 cm³/mol. The summed E-state index contributed by atoms with van der Waals surface area (Å²) in [7, 11) is 6.51. The zero-order chi connectivity index (χ0) is 42.8. The predicted octanol–water partition coefficient (Wildman–Crippen LogP) is 11.2. The molecule has 4 N–H and O–H groups in total. The van der Waals surface area contributed by atoms with Crippen molar-refractivity contribution in [1.29, 1.82) is 0 Å². The molecule has 6 aromatic rings. The Kier molecular flexibility index (Phi) is 12.0. The summed E-state index contributed by atoms with van der Waals surface area (Å²) in [6.07, 6.45) is 10.8. The molecule has 0 saturated carbocycles. The van der Waals surface area contributed by atoms with Gasteiger partial charge in [0.25, 0.3) is 0 Å². The van der Waals surface area contributed by atoms with Gasteiger partial charge in [-0.1, -0.05) is 27.7 Å². The monoisotopic (exact) mass is 808 g/mol. The fourth-order valence-corrected chi connectivity index (χ4v) is 8.56. The van der Waals surface area contributed by atoms with Crippen molar-refractivity contribution < 1.29 is 18.9 Å². The molecule has 1 aliphatic rings. The van der Waals surface area contributed by atoms with Crippen LogP contribution in [-0.4, -0.2) is 73.2 Å². The van der Waals surface area contributed by atoms with Crippen LogP contribution in [0.4, 0.5) is 22.7 Å². The van der Waals surface area contributed by atoms with E-state index < -0.39 is 0 Å². The van der Waals surface area contributed by atoms with Gasteiger partial charge in [0.2, 0.25) is 0 Å². The van der Waals surface area contributed by atoms with Gasteiger partial charge in [-0.05, 0) is 97.9 Å². The van der Waals surface area contributed by atoms with Crippen LogP contribution in [0.3, 0.4) is 0 Å². The number of aromatic amines is 4. The first-order chi connectivity index (χ1) is 29.0. The maximum atomic E-state index is 5.73. The molecule has 4 aromatic heterocycles. The molecule has 0 saturated heterocycles. The molecular formula is C48H56N8O4. The maximum Gasteiger partial charge on any atom is 0.163 e. The molecule has 8 bridgehead atoms. The highest BCUT2D eigenvalue weighted by molar-refractivity contribution is 5.93. The Hall–Kier alpha value is -6.56. The number of benzene rings is 2. The van der Waals surface area contributed by atoms with Gasteiger partial charge in [-0.2, -0.15) is 0 Å². The zero-order valence-corrected chi connectivity index (χ0v) is 36.9. The average Bonchev–Trinajstić information content (AvgIpc) is 3.97. The van der Waals surface area contributed by atoms with Crippen molar-refractivity contribution >= 4 is 47.6 Å². The lowest BCUT2D eigenvalue weighted by atomic mass is 10.0. The molecule has 0 fully saturated rings. The smallest absolute Gasteiger partial charge is 0.163 e. The second-order valence-corrected chi connectivity index (χ2v) is 14.9. The van der Waals surface area contributed by atoms with Crippen molar-refractivity contribution in [2.75, 3.05) is 28.4 Å². The Bertz CT molecular complexity index is 2330. The molecule has 0 amide bonds. The van der Waals surface area contributed by atoms with Crippen molar-refractivity contribution in [2.24, 2.45) is 20.0 Å². The third kappa shape index (κ3) is 7.35. The molecular weight excluding hydrogens is 753 g/mol. The van der Waals surface area contributed by atoms with E-state index in [1.165, 1.54) is 22.3 Å². The first kappa shape index (κ1) is 41.6. The van der Waals surface area contributed by atoms with Crippen LogP contribution in [0.15, 0.2) is 44.2 Å². The van der Waals surface area contributed by atoms with Crippen LogP contribution in [0, 0.1) is 27.7 Å². The molecule has 5 heterocycles. The Labute approximate surface area is 352 Å². The largest absolute Gasteiger partial charge is 0.493 e. The molecule has 312 valence electrons. The molecule has 0 spiro atoms. The number of hydrogen-bond acceptors (Lipinski definition) is 8. The molecule has 12 heteroatoms. The summed E-state index contributed by atoms with van der Waals surface area (Å²) in [6.45, 7) is 17.3. The molecule has 2 aromatic carbocycles. The second-order valence-electron chi connectivity index (χ2n) is 14.9. The first-order valence-electron chi connectivity index (χ1n) is 20.6. The first-order valence-corrected chi connectivity index (χ1v) is 20.6. The molecule has 0 radical (unpaired) electrons. The van der Waals surface area contributed by atoms with Crippen molar-refractivity contribution in [3.63, 3.8) is 0 Å². The summed E-state index contributed by atoms with van der Waals surface area (Å²) in [4.78, 5) is 35.1. The van der Waals surface area contributed by atoms with Gasteiger partial charge in [-0.3, -0.25) is 20.0 Å². The van der Waals surface area contributed by atoms with Crippen molar-refractivity contribution in [3.05, 3.63) is 91.5 Å². The van der Waals surface area contributed by atoms with E-state index in [1.54, 1.807) is 28.4 Å². The molecule has 12 nitrogen and oxygen atoms in total. The third-order valence-electron chi connectivity index (χ3n) is 11.9. The number of aromatic nitrogens is 4. The molecule has 0 aliphatic carbocycles. The number of methoxy groups -OCH3 is 4. The normalized spacial score (nSPS) is 12.3. The molecule has 0 unspecified atom stereocenters. The summed E-state index contributed by atoms with van der Waals surface area (Å²) in [6, 6.07) is 7.48. The molecule has 60 heavy (non-hydrogen) atoms. The van der Waals surface area contributed by atoms with Crippen molar-refractivity contribution in [3.8, 4) is 45.8 Å². The minimum atomic E-state index is 0.569. The minimum Gasteiger partial charge on any atom is -0.493 e. The Morgan fingerprint density at radius 2 is 0.567 bits per heavy atom. The minimum absolute atomic E-state index is 0.569. The lowest BCUT2D eigenvalue weighted by molar-refractivity contribution is 0.355. The van der Waals surface area contributed by atoms with Crippen molar-refractivity contribution in [1.82, 2.24) is 19.9 Å². The van der Waals surface area contributed by atoms with Gasteiger partial charge < -0.3 is 38.9 Å². The second kappa shape index (κ2) is 17.3. The number of aliphatic imine (C=N–C) groups is 4. The summed E-state index contributed by atoms with van der Waals surface area (Å²) in [5.41, 5.74) is 19.6. The average molecular weight is 809 g/mol. The number of nitrogens with one attached hydrogen (secondary N) is 4. The fraction of sp³-hybridized carbons (Fsp3) is 0.333. The van der Waals surface area contributed by atoms with Crippen LogP contribution in [0.25, 0.3) is 22.8 Å². The Morgan fingerprint density at radius 3 is 0.733 bits per heavy atom. The van der Waals surface area contributed by atoms with E-state index in [1.807, 2.05) is 49.1 Å². The van der Waals surface area contributed by atoms with Crippen LogP contribution < -0.4 is 18.9 Å². The summed E-state index contributed by atoms with van der Waals surface area (Å²) >= 11 is 0. The van der Waals surface area contributed by atoms with Gasteiger partial charge in [0.05, 0.1) is 122 Å². The standard InChI is InChI=1S/C48H56N8O4/c1-13-29-25(5)45-46-26(6)30(14-2)38(54-46)22-51-35-19-43(59-11)44(60-12)20-36(35)52-24-40-32(16-4)28(8)48(56-40)47-27(7)31(15-3)39(55-47)23-50-34-18-42(58-10)41(57-9)17-33(34)49-21-37(29)53-45/h17-24,53-56H,13-16H2,1-12H3. The van der Waals surface area contributed by atoms with E-state index in [4.69, 9.17) is 38.9 Å². The zero-order valence-electron chi connectivity index (χ0n) is 36.9. The highest BCUT2D eigenvalue weighted by Crippen LogP contribution is 2.42. The quantitative estimate of drug-likeness (QED) is 0.121. The molecule has 7 rings (SSSR count). The topological polar surface area (TPSA) is 150 Å². The molecule has 0 atom stereocenters. The third-order valence-corrected chi connectivity index (χ3v) is 11.9. The fourth-order valence-electron chi connectivity index (χ4n) is 8.56. The van der Waals surface area contributed by atoms with E-state index in [-0.39, 0.29) is 0 Å². The SMILES string of the molecule is CCc1c2[nH]c(c1C)-c1[nH]c(c(CC)c1C)C=Nc1cc(OC)c(OC)cc1N=Cc1[nH]c(c(C)c1CC)-c1[nH]c(c(CC)c1C)C=Nc1cc(OC)c(OC)cc1N=C2. The summed E-state index contributed by atoms with van der Waals surface area (Å²) in [5.74, 6) is 2.28. The van der Waals surface area contributed by atoms with Gasteiger partial charge in [-0.15, -0.1) is 0 Å².